The normalized spacial score (nSPS) is 11.3. The van der Waals surface area contributed by atoms with Gasteiger partial charge in [0.2, 0.25) is 0 Å². The lowest BCUT2D eigenvalue weighted by molar-refractivity contribution is -0.138. The highest BCUT2D eigenvalue weighted by Crippen LogP contribution is 2.39. The summed E-state index contributed by atoms with van der Waals surface area (Å²) in [6, 6.07) is 6.97. The average Bonchev–Trinajstić information content (AvgIpc) is 2.38. The third-order valence-corrected chi connectivity index (χ3v) is 3.79. The van der Waals surface area contributed by atoms with Crippen LogP contribution in [0.2, 0.25) is 0 Å². The number of hydrogen-bond donors (Lipinski definition) is 3. The van der Waals surface area contributed by atoms with E-state index >= 15 is 0 Å². The molecule has 1 aromatic rings. The van der Waals surface area contributed by atoms with E-state index in [1.54, 1.807) is 12.1 Å². The van der Waals surface area contributed by atoms with Crippen molar-refractivity contribution in [1.29, 1.82) is 0 Å². The van der Waals surface area contributed by atoms with Crippen molar-refractivity contribution in [2.24, 2.45) is 0 Å². The Hall–Kier alpha value is -2.04. The molecule has 0 aliphatic heterocycles. The number of benzene rings is 1. The molecule has 1 aromatic carbocycles. The van der Waals surface area contributed by atoms with E-state index in [1.807, 2.05) is 19.1 Å². The molecule has 0 aromatic heterocycles. The summed E-state index contributed by atoms with van der Waals surface area (Å²) in [6.07, 6.45) is 2.32. The third kappa shape index (κ3) is 5.45. The van der Waals surface area contributed by atoms with Gasteiger partial charge in [0.1, 0.15) is 5.75 Å². The molecule has 0 fully saturated rings. The second kappa shape index (κ2) is 7.67. The van der Waals surface area contributed by atoms with E-state index in [1.165, 1.54) is 0 Å². The second-order valence-corrected chi connectivity index (χ2v) is 5.57. The Labute approximate surface area is 124 Å². The van der Waals surface area contributed by atoms with Gasteiger partial charge in [0.25, 0.3) is 0 Å². The van der Waals surface area contributed by atoms with Crippen molar-refractivity contribution in [3.05, 3.63) is 29.8 Å². The predicted octanol–water partition coefficient (Wildman–Crippen LogP) is 3.16. The summed E-state index contributed by atoms with van der Waals surface area (Å²) in [4.78, 5) is 21.3. The summed E-state index contributed by atoms with van der Waals surface area (Å²) in [6.45, 7) is 1.95. The van der Waals surface area contributed by atoms with Crippen molar-refractivity contribution in [3.63, 3.8) is 0 Å². The number of carboxylic acids is 2. The lowest BCUT2D eigenvalue weighted by Crippen LogP contribution is -2.23. The largest absolute Gasteiger partial charge is 0.508 e. The first-order chi connectivity index (χ1) is 9.85. The van der Waals surface area contributed by atoms with Gasteiger partial charge in [0.05, 0.1) is 0 Å². The number of phenolic OH excluding ortho intramolecular Hbond substituents is 1. The molecule has 0 aliphatic carbocycles. The maximum atomic E-state index is 10.7. The van der Waals surface area contributed by atoms with E-state index in [4.69, 9.17) is 10.2 Å². The first-order valence-corrected chi connectivity index (χ1v) is 7.07. The van der Waals surface area contributed by atoms with Crippen LogP contribution in [-0.4, -0.2) is 27.3 Å². The van der Waals surface area contributed by atoms with Crippen LogP contribution in [0.4, 0.5) is 0 Å². The Bertz CT molecular complexity index is 475. The first-order valence-electron chi connectivity index (χ1n) is 7.07. The highest BCUT2D eigenvalue weighted by Gasteiger charge is 2.28. The highest BCUT2D eigenvalue weighted by molar-refractivity contribution is 5.67. The number of carboxylic acid groups (broad SMARTS) is 2. The molecule has 0 saturated carbocycles. The SMILES string of the molecule is CC(CCCC(=O)O)(CCCC(=O)O)c1ccccc1O. The van der Waals surface area contributed by atoms with Gasteiger partial charge in [-0.15, -0.1) is 0 Å². The summed E-state index contributed by atoms with van der Waals surface area (Å²) < 4.78 is 0. The zero-order chi connectivity index (χ0) is 15.9. The van der Waals surface area contributed by atoms with Gasteiger partial charge in [-0.05, 0) is 42.7 Å². The van der Waals surface area contributed by atoms with Gasteiger partial charge in [0, 0.05) is 12.8 Å². The lowest BCUT2D eigenvalue weighted by atomic mass is 9.74. The molecule has 0 aliphatic rings. The maximum absolute atomic E-state index is 10.7. The van der Waals surface area contributed by atoms with E-state index in [-0.39, 0.29) is 18.6 Å². The quantitative estimate of drug-likeness (QED) is 0.650. The Morgan fingerprint density at radius 1 is 1.00 bits per heavy atom. The van der Waals surface area contributed by atoms with E-state index in [0.717, 1.165) is 5.56 Å². The number of aromatic hydroxyl groups is 1. The van der Waals surface area contributed by atoms with E-state index < -0.39 is 17.4 Å². The molecular formula is C16H22O5. The highest BCUT2D eigenvalue weighted by atomic mass is 16.4. The minimum Gasteiger partial charge on any atom is -0.508 e. The minimum atomic E-state index is -0.847. The number of rotatable bonds is 9. The van der Waals surface area contributed by atoms with Gasteiger partial charge < -0.3 is 15.3 Å². The van der Waals surface area contributed by atoms with Crippen LogP contribution in [0.5, 0.6) is 5.75 Å². The molecular weight excluding hydrogens is 272 g/mol. The average molecular weight is 294 g/mol. The van der Waals surface area contributed by atoms with E-state index in [2.05, 4.69) is 0 Å². The number of hydrogen-bond acceptors (Lipinski definition) is 3. The number of aliphatic carboxylic acids is 2. The smallest absolute Gasteiger partial charge is 0.303 e. The summed E-state index contributed by atoms with van der Waals surface area (Å²) in [5, 5.41) is 27.5. The fourth-order valence-corrected chi connectivity index (χ4v) is 2.64. The standard InChI is InChI=1S/C16H22O5/c1-16(10-4-8-14(18)19,11-5-9-15(20)21)12-6-2-3-7-13(12)17/h2-3,6-7,17H,4-5,8-11H2,1H3,(H,18,19)(H,20,21). The van der Waals surface area contributed by atoms with E-state index in [9.17, 15) is 14.7 Å². The second-order valence-electron chi connectivity index (χ2n) is 5.57. The van der Waals surface area contributed by atoms with Gasteiger partial charge in [-0.3, -0.25) is 9.59 Å². The van der Waals surface area contributed by atoms with Crippen molar-refractivity contribution in [2.75, 3.05) is 0 Å². The van der Waals surface area contributed by atoms with Crippen LogP contribution in [0.15, 0.2) is 24.3 Å². The molecule has 0 unspecified atom stereocenters. The molecule has 0 radical (unpaired) electrons. The summed E-state index contributed by atoms with van der Waals surface area (Å²) in [7, 11) is 0. The molecule has 0 bridgehead atoms. The molecule has 0 saturated heterocycles. The third-order valence-electron chi connectivity index (χ3n) is 3.79. The van der Waals surface area contributed by atoms with Crippen molar-refractivity contribution < 1.29 is 24.9 Å². The van der Waals surface area contributed by atoms with Crippen molar-refractivity contribution in [3.8, 4) is 5.75 Å². The van der Waals surface area contributed by atoms with Crippen LogP contribution < -0.4 is 0 Å². The fourth-order valence-electron chi connectivity index (χ4n) is 2.64. The van der Waals surface area contributed by atoms with Gasteiger partial charge in [0.15, 0.2) is 0 Å². The van der Waals surface area contributed by atoms with Gasteiger partial charge in [-0.25, -0.2) is 0 Å². The molecule has 116 valence electrons. The topological polar surface area (TPSA) is 94.8 Å². The molecule has 5 heteroatoms. The van der Waals surface area contributed by atoms with E-state index in [0.29, 0.717) is 25.7 Å². The fraction of sp³-hybridized carbons (Fsp3) is 0.500. The van der Waals surface area contributed by atoms with Crippen molar-refractivity contribution >= 4 is 11.9 Å². The first kappa shape index (κ1) is 17.0. The van der Waals surface area contributed by atoms with Crippen molar-refractivity contribution in [2.45, 2.75) is 50.9 Å². The molecule has 0 heterocycles. The molecule has 1 rings (SSSR count). The minimum absolute atomic E-state index is 0.0715. The predicted molar refractivity (Wildman–Crippen MR) is 78.4 cm³/mol. The molecule has 3 N–H and O–H groups in total. The van der Waals surface area contributed by atoms with Crippen molar-refractivity contribution in [1.82, 2.24) is 0 Å². The van der Waals surface area contributed by atoms with Gasteiger partial charge in [-0.1, -0.05) is 25.1 Å². The zero-order valence-corrected chi connectivity index (χ0v) is 12.2. The van der Waals surface area contributed by atoms with Crippen LogP contribution >= 0.6 is 0 Å². The lowest BCUT2D eigenvalue weighted by Gasteiger charge is -2.31. The van der Waals surface area contributed by atoms with Crippen LogP contribution in [0, 0.1) is 0 Å². The van der Waals surface area contributed by atoms with Crippen LogP contribution in [0.25, 0.3) is 0 Å². The number of para-hydroxylation sites is 1. The molecule has 0 atom stereocenters. The Morgan fingerprint density at radius 3 is 1.90 bits per heavy atom. The summed E-state index contributed by atoms with van der Waals surface area (Å²) in [5.74, 6) is -1.52. The Morgan fingerprint density at radius 2 is 1.48 bits per heavy atom. The molecule has 0 spiro atoms. The van der Waals surface area contributed by atoms with Crippen LogP contribution in [0.1, 0.15) is 51.0 Å². The molecule has 0 amide bonds. The monoisotopic (exact) mass is 294 g/mol. The number of carbonyl (C=O) groups is 2. The summed E-state index contributed by atoms with van der Waals surface area (Å²) in [5.41, 5.74) is 0.330. The van der Waals surface area contributed by atoms with Gasteiger partial charge in [-0.2, -0.15) is 0 Å². The molecule has 21 heavy (non-hydrogen) atoms. The number of phenols is 1. The Balaban J connectivity index is 2.84. The maximum Gasteiger partial charge on any atom is 0.303 e. The zero-order valence-electron chi connectivity index (χ0n) is 12.2. The van der Waals surface area contributed by atoms with Crippen LogP contribution in [-0.2, 0) is 15.0 Å². The molecule has 5 nitrogen and oxygen atoms in total. The summed E-state index contributed by atoms with van der Waals surface area (Å²) >= 11 is 0. The Kier molecular flexibility index (Phi) is 6.21. The van der Waals surface area contributed by atoms with Gasteiger partial charge >= 0.3 is 11.9 Å². The van der Waals surface area contributed by atoms with Crippen LogP contribution in [0.3, 0.4) is 0 Å².